The molecule has 0 spiro atoms. The molecule has 57 valence electrons. The van der Waals surface area contributed by atoms with Crippen LogP contribution < -0.4 is 0 Å². The highest BCUT2D eigenvalue weighted by atomic mass is 16.2. The highest BCUT2D eigenvalue weighted by Crippen LogP contribution is 1.56. The molecule has 0 fully saturated rings. The van der Waals surface area contributed by atoms with E-state index in [1.165, 1.54) is 6.42 Å². The van der Waals surface area contributed by atoms with E-state index in [1.807, 2.05) is 0 Å². The van der Waals surface area contributed by atoms with Crippen molar-refractivity contribution in [1.29, 1.82) is 0 Å². The van der Waals surface area contributed by atoms with Gasteiger partial charge in [0.15, 0.2) is 0 Å². The van der Waals surface area contributed by atoms with Gasteiger partial charge in [0.1, 0.15) is 0 Å². The van der Waals surface area contributed by atoms with E-state index >= 15 is 0 Å². The second-order valence-corrected chi connectivity index (χ2v) is 1.56. The predicted molar refractivity (Wildman–Crippen MR) is 61.3 cm³/mol. The molecule has 0 aliphatic carbocycles. The summed E-state index contributed by atoms with van der Waals surface area (Å²) in [6, 6.07) is 0. The third kappa shape index (κ3) is 41800. The number of rotatable bonds is 0. The van der Waals surface area contributed by atoms with Gasteiger partial charge >= 0.3 is 6.15 Å². The van der Waals surface area contributed by atoms with Gasteiger partial charge in [-0.2, -0.15) is 9.59 Å². The molecule has 0 heterocycles. The molecule has 0 N–H and O–H groups in total. The lowest BCUT2D eigenvalue weighted by molar-refractivity contribution is -0.191. The normalized spacial score (nSPS) is 4.77. The molecular weight excluding hydrogens is 156 g/mol. The van der Waals surface area contributed by atoms with Crippen molar-refractivity contribution in [2.24, 2.45) is 0 Å². The number of hydrogen-bond donors (Lipinski definition) is 0. The van der Waals surface area contributed by atoms with Crippen LogP contribution in [-0.2, 0) is 9.59 Å². The zero-order valence-electron chi connectivity index (χ0n) is 8.07. The summed E-state index contributed by atoms with van der Waals surface area (Å²) in [6.07, 6.45) is 0.833. The topological polar surface area (TPSA) is 34.1 Å². The van der Waals surface area contributed by atoms with Crippen LogP contribution in [0.3, 0.4) is 0 Å². The van der Waals surface area contributed by atoms with Crippen LogP contribution >= 0.6 is 0 Å². The Balaban J connectivity index is -0.0000000420. The minimum absolute atomic E-state index is 0.250. The smallest absolute Gasteiger partial charge is 0.186 e. The molecule has 0 aromatic carbocycles. The van der Waals surface area contributed by atoms with Crippen LogP contribution in [0, 0.1) is 0 Å². The van der Waals surface area contributed by atoms with Gasteiger partial charge in [0.05, 0.1) is 0 Å². The van der Waals surface area contributed by atoms with Crippen LogP contribution in [0.1, 0.15) is 20.3 Å². The minimum atomic E-state index is -0.667. The molecule has 0 saturated carbocycles. The Morgan fingerprint density at radius 1 is 1.15 bits per heavy atom. The van der Waals surface area contributed by atoms with E-state index in [9.17, 15) is 0 Å². The summed E-state index contributed by atoms with van der Waals surface area (Å²) in [5.41, 5.74) is 0. The molecule has 0 aromatic heterocycles. The fraction of sp³-hybridized carbons (Fsp3) is 0.750. The van der Waals surface area contributed by atoms with Gasteiger partial charge in [-0.3, -0.25) is 0 Å². The van der Waals surface area contributed by atoms with Gasteiger partial charge in [-0.1, -0.05) is 20.3 Å². The summed E-state index contributed by atoms with van der Waals surface area (Å²) in [5, 5.41) is 0. The van der Waals surface area contributed by atoms with Crippen molar-refractivity contribution in [3.8, 4) is 0 Å². The zero-order chi connectivity index (χ0) is 11.7. The molecule has 0 rings (SSSR count). The average molecular weight is 164 g/mol. The van der Waals surface area contributed by atoms with Crippen molar-refractivity contribution in [2.75, 3.05) is 0 Å². The highest BCUT2D eigenvalue weighted by molar-refractivity contribution is 7.49. The van der Waals surface area contributed by atoms with Crippen LogP contribution in [-0.4, -0.2) is 58.3 Å². The fourth-order valence-corrected chi connectivity index (χ4v) is 0. The number of carbonyl (C=O) groups excluding carboxylic acids is 2. The minimum Gasteiger partial charge on any atom is -0.186 e. The van der Waals surface area contributed by atoms with Gasteiger partial charge in [0.2, 0.25) is 0 Å². The molecule has 11 radical (unpaired) electrons. The van der Waals surface area contributed by atoms with Gasteiger partial charge in [-0.05, 0) is 0 Å². The summed E-state index contributed by atoms with van der Waals surface area (Å²) in [5.74, 6) is 0. The predicted octanol–water partition coefficient (Wildman–Crippen LogP) is -1.83. The van der Waals surface area contributed by atoms with Crippen molar-refractivity contribution >= 4 is 58.3 Å². The van der Waals surface area contributed by atoms with Crippen LogP contribution in [0.25, 0.3) is 0 Å². The van der Waals surface area contributed by atoms with Gasteiger partial charge in [-0.25, -0.2) is 0 Å². The Morgan fingerprint density at radius 2 is 1.15 bits per heavy atom. The summed E-state index contributed by atoms with van der Waals surface area (Å²) in [4.78, 5) is 16.2. The summed E-state index contributed by atoms with van der Waals surface area (Å²) in [6.45, 7) is 4.25. The van der Waals surface area contributed by atoms with E-state index in [-0.39, 0.29) is 6.15 Å². The molecule has 2 nitrogen and oxygen atoms in total. The molecule has 0 saturated heterocycles. The lowest BCUT2D eigenvalue weighted by Crippen LogP contribution is -2.11. The van der Waals surface area contributed by atoms with Crippen molar-refractivity contribution in [3.05, 3.63) is 0 Å². The molecule has 0 aliphatic rings. The maximum atomic E-state index is 8.12. The molecule has 0 aromatic rings. The second kappa shape index (κ2) is 40.8. The summed E-state index contributed by atoms with van der Waals surface area (Å²) in [7, 11) is 24.0. The fourth-order valence-electron chi connectivity index (χ4n) is 0. The van der Waals surface area contributed by atoms with Gasteiger partial charge in [0, 0.05) is 52.1 Å². The second-order valence-electron chi connectivity index (χ2n) is 1.56. The highest BCUT2D eigenvalue weighted by Gasteiger charge is 1.73. The third-order valence-corrected chi connectivity index (χ3v) is 0. The first-order valence-corrected chi connectivity index (χ1v) is 3.49. The Kier molecular flexibility index (Phi) is 72.3. The first-order valence-electron chi connectivity index (χ1n) is 3.49. The third-order valence-electron chi connectivity index (χ3n) is 0. The van der Waals surface area contributed by atoms with Crippen LogP contribution in [0.4, 0.5) is 0 Å². The molecule has 0 atom stereocenters. The molecule has 13 heavy (non-hydrogen) atoms. The lowest BCUT2D eigenvalue weighted by atomic mass is 9.08. The van der Waals surface area contributed by atoms with Crippen LogP contribution in [0.15, 0.2) is 0 Å². The van der Waals surface area contributed by atoms with E-state index < -0.39 is 6.39 Å². The first kappa shape index (κ1) is 23.0. The zero-order valence-corrected chi connectivity index (χ0v) is 8.07. The van der Waals surface area contributed by atoms with E-state index in [2.05, 4.69) is 52.5 Å². The molecule has 9 heteroatoms. The molecule has 0 amide bonds. The first-order chi connectivity index (χ1) is 5.97. The van der Waals surface area contributed by atoms with E-state index in [4.69, 9.17) is 9.59 Å². The molecule has 0 unspecified atom stereocenters. The Labute approximate surface area is 88.7 Å². The molecular formula is C4H8B7O2. The standard InChI is InChI=1S/C3H8.CO2.B4.B3/c1-3-2;2-1-3;1-4(2)3;1-3-2/h3H2,1-2H3;;;. The van der Waals surface area contributed by atoms with Gasteiger partial charge < -0.3 is 0 Å². The van der Waals surface area contributed by atoms with Crippen molar-refractivity contribution in [1.82, 2.24) is 0 Å². The Hall–Kier alpha value is -0.165. The van der Waals surface area contributed by atoms with E-state index in [0.29, 0.717) is 0 Å². The maximum absolute atomic E-state index is 8.12. The van der Waals surface area contributed by atoms with Crippen molar-refractivity contribution in [2.45, 2.75) is 20.3 Å². The Morgan fingerprint density at radius 3 is 1.15 bits per heavy atom. The maximum Gasteiger partial charge on any atom is 0.373 e. The van der Waals surface area contributed by atoms with E-state index in [0.717, 1.165) is 7.06 Å². The van der Waals surface area contributed by atoms with Crippen molar-refractivity contribution < 1.29 is 9.59 Å². The largest absolute Gasteiger partial charge is 0.373 e. The van der Waals surface area contributed by atoms with E-state index in [1.54, 1.807) is 0 Å². The van der Waals surface area contributed by atoms with Gasteiger partial charge in [0.25, 0.3) is 0 Å². The summed E-state index contributed by atoms with van der Waals surface area (Å²) < 4.78 is 0. The molecule has 0 bridgehead atoms. The van der Waals surface area contributed by atoms with Crippen LogP contribution in [0.5, 0.6) is 0 Å². The lowest BCUT2D eigenvalue weighted by Gasteiger charge is -1.73. The SMILES string of the molecule is CCC.O=C=O.[B]B([B])[B].[B][B][B]. The quantitative estimate of drug-likeness (QED) is 0.394. The van der Waals surface area contributed by atoms with Gasteiger partial charge in [-0.15, -0.1) is 0 Å². The Bertz CT molecular complexity index is 77.8. The molecule has 0 aliphatic heterocycles. The van der Waals surface area contributed by atoms with Crippen LogP contribution in [0.2, 0.25) is 0 Å². The average Bonchev–Trinajstić information content (AvgIpc) is 1.88. The summed E-state index contributed by atoms with van der Waals surface area (Å²) >= 11 is 0. The monoisotopic (exact) mass is 165 g/mol. The van der Waals surface area contributed by atoms with Crippen molar-refractivity contribution in [3.63, 3.8) is 0 Å². The number of hydrogen-bond acceptors (Lipinski definition) is 2.